The van der Waals surface area contributed by atoms with Crippen LogP contribution in [0.1, 0.15) is 26.7 Å². The predicted octanol–water partition coefficient (Wildman–Crippen LogP) is 2.03. The van der Waals surface area contributed by atoms with Crippen molar-refractivity contribution < 1.29 is 23.9 Å². The summed E-state index contributed by atoms with van der Waals surface area (Å²) in [6.07, 6.45) is 0.580. The van der Waals surface area contributed by atoms with E-state index in [4.69, 9.17) is 21.1 Å². The molecular formula is C19H25ClN2O5. The Balaban J connectivity index is 1.91. The van der Waals surface area contributed by atoms with E-state index >= 15 is 0 Å². The van der Waals surface area contributed by atoms with E-state index in [0.29, 0.717) is 36.4 Å². The van der Waals surface area contributed by atoms with Crippen LogP contribution in [0.15, 0.2) is 24.3 Å². The molecule has 1 aliphatic heterocycles. The van der Waals surface area contributed by atoms with Crippen LogP contribution in [0.25, 0.3) is 0 Å². The summed E-state index contributed by atoms with van der Waals surface area (Å²) in [6, 6.07) is 5.74. The largest absolute Gasteiger partial charge is 0.484 e. The van der Waals surface area contributed by atoms with Gasteiger partial charge in [-0.25, -0.2) is 0 Å². The minimum Gasteiger partial charge on any atom is -0.484 e. The van der Waals surface area contributed by atoms with Gasteiger partial charge in [-0.15, -0.1) is 0 Å². The molecule has 0 radical (unpaired) electrons. The number of hydrogen-bond acceptors (Lipinski definition) is 5. The van der Waals surface area contributed by atoms with Crippen LogP contribution in [-0.2, 0) is 19.1 Å². The van der Waals surface area contributed by atoms with E-state index in [0.717, 1.165) is 6.42 Å². The summed E-state index contributed by atoms with van der Waals surface area (Å²) in [5.74, 6) is -0.298. The quantitative estimate of drug-likeness (QED) is 0.679. The Hall–Kier alpha value is -2.28. The Bertz CT molecular complexity index is 663. The number of nitrogens with one attached hydrogen (secondary N) is 1. The molecule has 2 rings (SSSR count). The van der Waals surface area contributed by atoms with Crippen LogP contribution in [0.2, 0.25) is 5.02 Å². The number of benzene rings is 1. The fraction of sp³-hybridized carbons (Fsp3) is 0.526. The van der Waals surface area contributed by atoms with Gasteiger partial charge in [-0.2, -0.15) is 0 Å². The number of amides is 2. The Labute approximate surface area is 163 Å². The SMILES string of the molecule is CC(C)CCOC(=O)CC1C(=O)NCCN1C(=O)COc1ccc(Cl)cc1. The molecular weight excluding hydrogens is 372 g/mol. The maximum Gasteiger partial charge on any atom is 0.308 e. The molecule has 1 saturated heterocycles. The van der Waals surface area contributed by atoms with Crippen LogP contribution in [0.3, 0.4) is 0 Å². The molecule has 1 N–H and O–H groups in total. The lowest BCUT2D eigenvalue weighted by atomic mass is 10.1. The molecule has 1 unspecified atom stereocenters. The highest BCUT2D eigenvalue weighted by atomic mass is 35.5. The maximum atomic E-state index is 12.5. The average Bonchev–Trinajstić information content (AvgIpc) is 2.62. The van der Waals surface area contributed by atoms with Crippen molar-refractivity contribution >= 4 is 29.4 Å². The summed E-state index contributed by atoms with van der Waals surface area (Å²) in [4.78, 5) is 38.1. The first-order valence-corrected chi connectivity index (χ1v) is 9.35. The highest BCUT2D eigenvalue weighted by Crippen LogP contribution is 2.16. The second-order valence-electron chi connectivity index (χ2n) is 6.74. The first kappa shape index (κ1) is 21.0. The van der Waals surface area contributed by atoms with Crippen LogP contribution in [0.5, 0.6) is 5.75 Å². The number of carbonyl (C=O) groups excluding carboxylic acids is 3. The molecule has 8 heteroatoms. The van der Waals surface area contributed by atoms with E-state index in [1.165, 1.54) is 4.90 Å². The summed E-state index contributed by atoms with van der Waals surface area (Å²) < 4.78 is 10.6. The van der Waals surface area contributed by atoms with Gasteiger partial charge in [0.15, 0.2) is 6.61 Å². The molecule has 1 fully saturated rings. The van der Waals surface area contributed by atoms with Crippen molar-refractivity contribution in [2.24, 2.45) is 5.92 Å². The van der Waals surface area contributed by atoms with Crippen molar-refractivity contribution in [3.8, 4) is 5.75 Å². The number of ether oxygens (including phenoxy) is 2. The van der Waals surface area contributed by atoms with E-state index in [1.54, 1.807) is 24.3 Å². The second kappa shape index (κ2) is 10.2. The average molecular weight is 397 g/mol. The van der Waals surface area contributed by atoms with E-state index in [9.17, 15) is 14.4 Å². The van der Waals surface area contributed by atoms with Gasteiger partial charge in [0.05, 0.1) is 13.0 Å². The zero-order chi connectivity index (χ0) is 19.8. The van der Waals surface area contributed by atoms with Gasteiger partial charge in [0, 0.05) is 18.1 Å². The fourth-order valence-electron chi connectivity index (χ4n) is 2.60. The number of halogens is 1. The summed E-state index contributed by atoms with van der Waals surface area (Å²) in [5, 5.41) is 3.25. The number of carbonyl (C=O) groups is 3. The van der Waals surface area contributed by atoms with Crippen molar-refractivity contribution in [2.45, 2.75) is 32.7 Å². The van der Waals surface area contributed by atoms with Gasteiger partial charge in [-0.3, -0.25) is 14.4 Å². The molecule has 0 aliphatic carbocycles. The van der Waals surface area contributed by atoms with Crippen LogP contribution in [-0.4, -0.2) is 55.0 Å². The molecule has 1 aliphatic rings. The third-order valence-electron chi connectivity index (χ3n) is 4.15. The van der Waals surface area contributed by atoms with Gasteiger partial charge < -0.3 is 19.7 Å². The van der Waals surface area contributed by atoms with Crippen LogP contribution >= 0.6 is 11.6 Å². The number of rotatable bonds is 8. The van der Waals surface area contributed by atoms with Crippen molar-refractivity contribution in [1.82, 2.24) is 10.2 Å². The minimum atomic E-state index is -0.883. The van der Waals surface area contributed by atoms with Crippen molar-refractivity contribution in [1.29, 1.82) is 0 Å². The Morgan fingerprint density at radius 1 is 1.30 bits per heavy atom. The van der Waals surface area contributed by atoms with Gasteiger partial charge in [-0.1, -0.05) is 25.4 Å². The van der Waals surface area contributed by atoms with Gasteiger partial charge in [0.2, 0.25) is 5.91 Å². The molecule has 0 bridgehead atoms. The number of nitrogens with zero attached hydrogens (tertiary/aromatic N) is 1. The molecule has 27 heavy (non-hydrogen) atoms. The molecule has 1 heterocycles. The normalized spacial score (nSPS) is 16.8. The van der Waals surface area contributed by atoms with E-state index in [2.05, 4.69) is 5.32 Å². The summed E-state index contributed by atoms with van der Waals surface area (Å²) in [6.45, 7) is 4.79. The molecule has 1 atom stereocenters. The Morgan fingerprint density at radius 3 is 2.67 bits per heavy atom. The van der Waals surface area contributed by atoms with Gasteiger partial charge in [0.25, 0.3) is 5.91 Å². The van der Waals surface area contributed by atoms with Crippen LogP contribution < -0.4 is 10.1 Å². The van der Waals surface area contributed by atoms with Gasteiger partial charge in [-0.05, 0) is 36.6 Å². The molecule has 148 valence electrons. The molecule has 7 nitrogen and oxygen atoms in total. The van der Waals surface area contributed by atoms with E-state index < -0.39 is 12.0 Å². The molecule has 2 amide bonds. The predicted molar refractivity (Wildman–Crippen MR) is 100 cm³/mol. The van der Waals surface area contributed by atoms with Gasteiger partial charge >= 0.3 is 5.97 Å². The molecule has 1 aromatic rings. The molecule has 1 aromatic carbocycles. The Morgan fingerprint density at radius 2 is 2.00 bits per heavy atom. The van der Waals surface area contributed by atoms with Crippen LogP contribution in [0, 0.1) is 5.92 Å². The van der Waals surface area contributed by atoms with E-state index in [-0.39, 0.29) is 24.8 Å². The highest BCUT2D eigenvalue weighted by Gasteiger charge is 2.35. The minimum absolute atomic E-state index is 0.170. The molecule has 0 spiro atoms. The fourth-order valence-corrected chi connectivity index (χ4v) is 2.73. The number of hydrogen-bond donors (Lipinski definition) is 1. The zero-order valence-corrected chi connectivity index (χ0v) is 16.3. The Kier molecular flexibility index (Phi) is 7.91. The molecule has 0 aromatic heterocycles. The summed E-state index contributed by atoms with van der Waals surface area (Å²) in [5.41, 5.74) is 0. The number of esters is 1. The van der Waals surface area contributed by atoms with E-state index in [1.807, 2.05) is 13.8 Å². The first-order valence-electron chi connectivity index (χ1n) is 8.98. The zero-order valence-electron chi connectivity index (χ0n) is 15.6. The lowest BCUT2D eigenvalue weighted by molar-refractivity contribution is -0.152. The van der Waals surface area contributed by atoms with Crippen molar-refractivity contribution in [3.05, 3.63) is 29.3 Å². The summed E-state index contributed by atoms with van der Waals surface area (Å²) >= 11 is 5.81. The monoisotopic (exact) mass is 396 g/mol. The highest BCUT2D eigenvalue weighted by molar-refractivity contribution is 6.30. The molecule has 0 saturated carbocycles. The number of piperazine rings is 1. The van der Waals surface area contributed by atoms with Crippen molar-refractivity contribution in [2.75, 3.05) is 26.3 Å². The van der Waals surface area contributed by atoms with Gasteiger partial charge in [0.1, 0.15) is 11.8 Å². The lowest BCUT2D eigenvalue weighted by Gasteiger charge is -2.34. The lowest BCUT2D eigenvalue weighted by Crippen LogP contribution is -2.58. The standard InChI is InChI=1S/C19H25ClN2O5/c1-13(2)7-10-26-18(24)11-16-19(25)21-8-9-22(16)17(23)12-27-15-5-3-14(20)4-6-15/h3-6,13,16H,7-12H2,1-2H3,(H,21,25). The maximum absolute atomic E-state index is 12.5. The van der Waals surface area contributed by atoms with Crippen molar-refractivity contribution in [3.63, 3.8) is 0 Å². The smallest absolute Gasteiger partial charge is 0.308 e. The summed E-state index contributed by atoms with van der Waals surface area (Å²) in [7, 11) is 0. The third kappa shape index (κ3) is 6.75. The first-order chi connectivity index (χ1) is 12.9. The third-order valence-corrected chi connectivity index (χ3v) is 4.40. The topological polar surface area (TPSA) is 84.9 Å². The second-order valence-corrected chi connectivity index (χ2v) is 7.18. The van der Waals surface area contributed by atoms with Crippen LogP contribution in [0.4, 0.5) is 0 Å².